The zero-order chi connectivity index (χ0) is 17.1. The molecule has 1 aromatic heterocycles. The minimum Gasteiger partial charge on any atom is -0.497 e. The van der Waals surface area contributed by atoms with Crippen LogP contribution in [-0.2, 0) is 17.8 Å². The Bertz CT molecular complexity index is 699. The van der Waals surface area contributed by atoms with Gasteiger partial charge in [0.15, 0.2) is 0 Å². The van der Waals surface area contributed by atoms with Crippen molar-refractivity contribution in [2.24, 2.45) is 5.92 Å². The van der Waals surface area contributed by atoms with Crippen molar-refractivity contribution in [2.45, 2.75) is 25.8 Å². The summed E-state index contributed by atoms with van der Waals surface area (Å²) in [7, 11) is 1.63. The second-order valence-electron chi connectivity index (χ2n) is 6.09. The molecule has 24 heavy (non-hydrogen) atoms. The second-order valence-corrected chi connectivity index (χ2v) is 7.29. The van der Waals surface area contributed by atoms with Gasteiger partial charge >= 0.3 is 5.97 Å². The van der Waals surface area contributed by atoms with Gasteiger partial charge in [-0.1, -0.05) is 19.1 Å². The number of thiazole rings is 1. The number of likely N-dealkylation sites (tertiary alicyclic amines) is 1. The number of aryl methyl sites for hydroxylation is 1. The highest BCUT2D eigenvalue weighted by Gasteiger charge is 2.38. The highest BCUT2D eigenvalue weighted by atomic mass is 32.1. The van der Waals surface area contributed by atoms with Crippen LogP contribution in [0.5, 0.6) is 5.75 Å². The normalized spacial score (nSPS) is 21.1. The molecule has 0 spiro atoms. The number of aromatic nitrogens is 1. The first-order valence-electron chi connectivity index (χ1n) is 8.13. The molecule has 1 aliphatic rings. The van der Waals surface area contributed by atoms with E-state index in [1.807, 2.05) is 30.5 Å². The number of benzene rings is 1. The number of carboxylic acid groups (broad SMARTS) is 1. The number of hydrogen-bond donors (Lipinski definition) is 1. The number of ether oxygens (including phenoxy) is 1. The summed E-state index contributed by atoms with van der Waals surface area (Å²) in [5, 5.41) is 10.7. The zero-order valence-corrected chi connectivity index (χ0v) is 14.8. The predicted octanol–water partition coefficient (Wildman–Crippen LogP) is 3.01. The molecule has 1 N–H and O–H groups in total. The lowest BCUT2D eigenvalue weighted by molar-refractivity contribution is -0.141. The van der Waals surface area contributed by atoms with Crippen LogP contribution in [0.15, 0.2) is 30.5 Å². The largest absolute Gasteiger partial charge is 0.497 e. The molecule has 5 nitrogen and oxygen atoms in total. The van der Waals surface area contributed by atoms with E-state index in [-0.39, 0.29) is 11.8 Å². The van der Waals surface area contributed by atoms with Crippen molar-refractivity contribution in [2.75, 3.05) is 20.2 Å². The highest BCUT2D eigenvalue weighted by Crippen LogP contribution is 2.34. The molecule has 2 aromatic rings. The van der Waals surface area contributed by atoms with Gasteiger partial charge < -0.3 is 9.84 Å². The Hall–Kier alpha value is -1.92. The summed E-state index contributed by atoms with van der Waals surface area (Å²) in [5.74, 6) is -0.329. The van der Waals surface area contributed by atoms with Gasteiger partial charge in [0.25, 0.3) is 0 Å². The van der Waals surface area contributed by atoms with Gasteiger partial charge in [-0.2, -0.15) is 0 Å². The van der Waals surface area contributed by atoms with E-state index in [0.29, 0.717) is 6.54 Å². The number of methoxy groups -OCH3 is 1. The van der Waals surface area contributed by atoms with E-state index < -0.39 is 5.97 Å². The van der Waals surface area contributed by atoms with Gasteiger partial charge in [-0.15, -0.1) is 11.3 Å². The Labute approximate surface area is 145 Å². The van der Waals surface area contributed by atoms with Crippen LogP contribution in [0.1, 0.15) is 28.3 Å². The van der Waals surface area contributed by atoms with Crippen LogP contribution in [0.25, 0.3) is 0 Å². The molecular weight excluding hydrogens is 324 g/mol. The Balaban J connectivity index is 1.74. The second kappa shape index (κ2) is 7.32. The Morgan fingerprint density at radius 3 is 2.71 bits per heavy atom. The summed E-state index contributed by atoms with van der Waals surface area (Å²) in [6.07, 6.45) is 2.91. The van der Waals surface area contributed by atoms with Crippen molar-refractivity contribution in [3.8, 4) is 5.75 Å². The summed E-state index contributed by atoms with van der Waals surface area (Å²) in [4.78, 5) is 19.6. The molecular formula is C18H22N2O3S. The molecule has 2 heterocycles. The fraction of sp³-hybridized carbons (Fsp3) is 0.444. The SMILES string of the molecule is CCc1cnc(CN2C[C@H](C(=O)O)[C@@H](c3ccc(OC)cc3)C2)s1. The van der Waals surface area contributed by atoms with Crippen LogP contribution in [-0.4, -0.2) is 41.2 Å². The van der Waals surface area contributed by atoms with E-state index in [4.69, 9.17) is 4.74 Å². The van der Waals surface area contributed by atoms with E-state index in [1.54, 1.807) is 18.4 Å². The maximum atomic E-state index is 11.7. The van der Waals surface area contributed by atoms with Crippen LogP contribution in [0.3, 0.4) is 0 Å². The monoisotopic (exact) mass is 346 g/mol. The molecule has 2 atom stereocenters. The zero-order valence-electron chi connectivity index (χ0n) is 13.9. The van der Waals surface area contributed by atoms with Crippen LogP contribution in [0.4, 0.5) is 0 Å². The first-order valence-corrected chi connectivity index (χ1v) is 8.95. The third-order valence-electron chi connectivity index (χ3n) is 4.57. The van der Waals surface area contributed by atoms with E-state index in [0.717, 1.165) is 35.8 Å². The lowest BCUT2D eigenvalue weighted by Crippen LogP contribution is -2.23. The Morgan fingerprint density at radius 2 is 2.12 bits per heavy atom. The molecule has 1 saturated heterocycles. The Kier molecular flexibility index (Phi) is 5.16. The van der Waals surface area contributed by atoms with Gasteiger partial charge in [0, 0.05) is 30.1 Å². The number of carbonyl (C=O) groups is 1. The van der Waals surface area contributed by atoms with E-state index in [9.17, 15) is 9.90 Å². The van der Waals surface area contributed by atoms with E-state index in [1.165, 1.54) is 4.88 Å². The minimum atomic E-state index is -0.730. The van der Waals surface area contributed by atoms with Crippen LogP contribution >= 0.6 is 11.3 Å². The molecule has 0 unspecified atom stereocenters. The lowest BCUT2D eigenvalue weighted by Gasteiger charge is -2.15. The van der Waals surface area contributed by atoms with Crippen molar-refractivity contribution in [1.82, 2.24) is 9.88 Å². The maximum Gasteiger partial charge on any atom is 0.308 e. The fourth-order valence-electron chi connectivity index (χ4n) is 3.23. The number of nitrogens with zero attached hydrogens (tertiary/aromatic N) is 2. The van der Waals surface area contributed by atoms with Crippen molar-refractivity contribution in [3.63, 3.8) is 0 Å². The molecule has 128 valence electrons. The average molecular weight is 346 g/mol. The van der Waals surface area contributed by atoms with Crippen molar-refractivity contribution in [1.29, 1.82) is 0 Å². The molecule has 1 aromatic carbocycles. The van der Waals surface area contributed by atoms with Gasteiger partial charge in [-0.3, -0.25) is 9.69 Å². The molecule has 0 bridgehead atoms. The summed E-state index contributed by atoms with van der Waals surface area (Å²) in [5.41, 5.74) is 1.05. The van der Waals surface area contributed by atoms with Crippen LogP contribution in [0.2, 0.25) is 0 Å². The Morgan fingerprint density at radius 1 is 1.38 bits per heavy atom. The van der Waals surface area contributed by atoms with E-state index in [2.05, 4.69) is 16.8 Å². The molecule has 0 amide bonds. The summed E-state index contributed by atoms with van der Waals surface area (Å²) in [6.45, 7) is 4.14. The van der Waals surface area contributed by atoms with Gasteiger partial charge in [-0.05, 0) is 24.1 Å². The first kappa shape index (κ1) is 16.9. The number of hydrogen-bond acceptors (Lipinski definition) is 5. The number of carboxylic acids is 1. The highest BCUT2D eigenvalue weighted by molar-refractivity contribution is 7.11. The maximum absolute atomic E-state index is 11.7. The molecule has 6 heteroatoms. The molecule has 1 fully saturated rings. The number of aliphatic carboxylic acids is 1. The molecule has 3 rings (SSSR count). The summed E-state index contributed by atoms with van der Waals surface area (Å²) >= 11 is 1.71. The molecule has 1 aliphatic heterocycles. The quantitative estimate of drug-likeness (QED) is 0.871. The van der Waals surface area contributed by atoms with Gasteiger partial charge in [-0.25, -0.2) is 4.98 Å². The number of rotatable bonds is 6. The van der Waals surface area contributed by atoms with E-state index >= 15 is 0 Å². The third-order valence-corrected chi connectivity index (χ3v) is 5.69. The molecule has 0 radical (unpaired) electrons. The van der Waals surface area contributed by atoms with Gasteiger partial charge in [0.05, 0.1) is 19.6 Å². The van der Waals surface area contributed by atoms with Gasteiger partial charge in [0.1, 0.15) is 10.8 Å². The first-order chi connectivity index (χ1) is 11.6. The van der Waals surface area contributed by atoms with Crippen LogP contribution in [0, 0.1) is 5.92 Å². The lowest BCUT2D eigenvalue weighted by atomic mass is 9.89. The molecule has 0 saturated carbocycles. The topological polar surface area (TPSA) is 62.7 Å². The molecule has 0 aliphatic carbocycles. The minimum absolute atomic E-state index is 0.000913. The smallest absolute Gasteiger partial charge is 0.308 e. The van der Waals surface area contributed by atoms with Gasteiger partial charge in [0.2, 0.25) is 0 Å². The summed E-state index contributed by atoms with van der Waals surface area (Å²) in [6, 6.07) is 7.74. The van der Waals surface area contributed by atoms with Crippen molar-refractivity contribution in [3.05, 3.63) is 45.9 Å². The standard InChI is InChI=1S/C18H22N2O3S/c1-3-14-8-19-17(24-14)11-20-9-15(16(10-20)18(21)22)12-4-6-13(23-2)7-5-12/h4-8,15-16H,3,9-11H2,1-2H3,(H,21,22)/t15-,16+/m1/s1. The summed E-state index contributed by atoms with van der Waals surface area (Å²) < 4.78 is 5.19. The predicted molar refractivity (Wildman–Crippen MR) is 93.6 cm³/mol. The third kappa shape index (κ3) is 3.60. The average Bonchev–Trinajstić information content (AvgIpc) is 3.22. The van der Waals surface area contributed by atoms with Crippen LogP contribution < -0.4 is 4.74 Å². The van der Waals surface area contributed by atoms with Crippen molar-refractivity contribution >= 4 is 17.3 Å². The van der Waals surface area contributed by atoms with Crippen molar-refractivity contribution < 1.29 is 14.6 Å². The fourth-order valence-corrected chi connectivity index (χ4v) is 4.13.